The number of urea groups is 1. The maximum atomic E-state index is 12.8. The Bertz CT molecular complexity index is 1110. The van der Waals surface area contributed by atoms with Crippen LogP contribution in [0.1, 0.15) is 12.8 Å². The summed E-state index contributed by atoms with van der Waals surface area (Å²) in [5.74, 6) is 0.474. The van der Waals surface area contributed by atoms with Crippen LogP contribution in [0.2, 0.25) is 0 Å². The number of hydrogen-bond acceptors (Lipinski definition) is 4. The van der Waals surface area contributed by atoms with E-state index in [0.717, 1.165) is 34.0 Å². The second-order valence-corrected chi connectivity index (χ2v) is 7.98. The van der Waals surface area contributed by atoms with Crippen LogP contribution in [0.5, 0.6) is 0 Å². The standard InChI is InChI=1S/C21H22BrN5O2/c1-26-18-9-5-4-8-17(18)24-19(20(26)28)27-12-10-14(11-13-27)23-21(29)25-16-7-3-2-6-15(16)22/h2-9,14H,10-13H2,1H3,(H2,23,25,29). The Hall–Kier alpha value is -2.87. The first-order valence-corrected chi connectivity index (χ1v) is 10.3. The van der Waals surface area contributed by atoms with E-state index in [4.69, 9.17) is 0 Å². The molecule has 0 bridgehead atoms. The van der Waals surface area contributed by atoms with Crippen molar-refractivity contribution in [3.63, 3.8) is 0 Å². The Labute approximate surface area is 176 Å². The minimum Gasteiger partial charge on any atom is -0.352 e. The number of nitrogens with zero attached hydrogens (tertiary/aromatic N) is 3. The SMILES string of the molecule is Cn1c(=O)c(N2CCC(NC(=O)Nc3ccccc3Br)CC2)nc2ccccc21. The summed E-state index contributed by atoms with van der Waals surface area (Å²) < 4.78 is 2.48. The molecule has 0 saturated carbocycles. The summed E-state index contributed by atoms with van der Waals surface area (Å²) in [5.41, 5.74) is 2.26. The molecule has 29 heavy (non-hydrogen) atoms. The number of para-hydroxylation sites is 3. The second kappa shape index (κ2) is 8.24. The topological polar surface area (TPSA) is 79.3 Å². The lowest BCUT2D eigenvalue weighted by atomic mass is 10.1. The summed E-state index contributed by atoms with van der Waals surface area (Å²) in [6.45, 7) is 1.33. The van der Waals surface area contributed by atoms with Gasteiger partial charge in [-0.05, 0) is 53.0 Å². The number of benzene rings is 2. The molecule has 2 amide bonds. The number of hydrogen-bond donors (Lipinski definition) is 2. The van der Waals surface area contributed by atoms with Crippen LogP contribution in [0.25, 0.3) is 11.0 Å². The zero-order valence-corrected chi connectivity index (χ0v) is 17.6. The van der Waals surface area contributed by atoms with E-state index in [1.54, 1.807) is 11.6 Å². The van der Waals surface area contributed by atoms with Crippen LogP contribution in [-0.4, -0.2) is 34.7 Å². The number of carbonyl (C=O) groups excluding carboxylic acids is 1. The van der Waals surface area contributed by atoms with Gasteiger partial charge in [-0.15, -0.1) is 0 Å². The Kier molecular flexibility index (Phi) is 5.53. The Morgan fingerprint density at radius 2 is 1.79 bits per heavy atom. The van der Waals surface area contributed by atoms with Gasteiger partial charge in [-0.25, -0.2) is 9.78 Å². The first-order valence-electron chi connectivity index (χ1n) is 9.55. The normalized spacial score (nSPS) is 14.8. The summed E-state index contributed by atoms with van der Waals surface area (Å²) in [5, 5.41) is 5.88. The molecular weight excluding hydrogens is 434 g/mol. The molecule has 2 N–H and O–H groups in total. The molecule has 4 rings (SSSR count). The highest BCUT2D eigenvalue weighted by molar-refractivity contribution is 9.10. The fraction of sp³-hybridized carbons (Fsp3) is 0.286. The van der Waals surface area contributed by atoms with Gasteiger partial charge in [0.15, 0.2) is 5.82 Å². The summed E-state index contributed by atoms with van der Waals surface area (Å²) in [7, 11) is 1.77. The van der Waals surface area contributed by atoms with Crippen molar-refractivity contribution in [2.45, 2.75) is 18.9 Å². The number of carbonyl (C=O) groups is 1. The lowest BCUT2D eigenvalue weighted by molar-refractivity contribution is 0.246. The van der Waals surface area contributed by atoms with Gasteiger partial charge in [0.1, 0.15) is 0 Å². The van der Waals surface area contributed by atoms with Crippen LogP contribution < -0.4 is 21.1 Å². The second-order valence-electron chi connectivity index (χ2n) is 7.13. The van der Waals surface area contributed by atoms with Gasteiger partial charge in [-0.3, -0.25) is 4.79 Å². The number of aromatic nitrogens is 2. The number of aryl methyl sites for hydroxylation is 1. The van der Waals surface area contributed by atoms with Crippen molar-refractivity contribution < 1.29 is 4.79 Å². The molecule has 0 radical (unpaired) electrons. The maximum absolute atomic E-state index is 12.8. The highest BCUT2D eigenvalue weighted by Gasteiger charge is 2.24. The summed E-state index contributed by atoms with van der Waals surface area (Å²) in [4.78, 5) is 31.7. The van der Waals surface area contributed by atoms with Gasteiger partial charge >= 0.3 is 6.03 Å². The number of anilines is 2. The molecule has 0 aliphatic carbocycles. The van der Waals surface area contributed by atoms with Gasteiger partial charge in [-0.2, -0.15) is 0 Å². The van der Waals surface area contributed by atoms with Crippen molar-refractivity contribution in [2.24, 2.45) is 7.05 Å². The molecule has 7 nitrogen and oxygen atoms in total. The van der Waals surface area contributed by atoms with Crippen molar-refractivity contribution in [3.8, 4) is 0 Å². The number of rotatable bonds is 3. The van der Waals surface area contributed by atoms with Gasteiger partial charge in [0, 0.05) is 30.7 Å². The number of halogens is 1. The van der Waals surface area contributed by atoms with Crippen LogP contribution in [0, 0.1) is 0 Å². The lowest BCUT2D eigenvalue weighted by Crippen LogP contribution is -2.47. The summed E-state index contributed by atoms with van der Waals surface area (Å²) in [6.07, 6.45) is 1.50. The molecule has 1 saturated heterocycles. The molecule has 2 heterocycles. The van der Waals surface area contributed by atoms with E-state index in [1.807, 2.05) is 53.4 Å². The van der Waals surface area contributed by atoms with E-state index in [2.05, 4.69) is 31.5 Å². The first-order chi connectivity index (χ1) is 14.0. The van der Waals surface area contributed by atoms with Crippen molar-refractivity contribution >= 4 is 44.5 Å². The van der Waals surface area contributed by atoms with E-state index >= 15 is 0 Å². The third-order valence-electron chi connectivity index (χ3n) is 5.22. The highest BCUT2D eigenvalue weighted by atomic mass is 79.9. The van der Waals surface area contributed by atoms with Gasteiger partial charge in [0.25, 0.3) is 5.56 Å². The molecule has 0 atom stereocenters. The van der Waals surface area contributed by atoms with Crippen molar-refractivity contribution in [3.05, 3.63) is 63.4 Å². The largest absolute Gasteiger partial charge is 0.352 e. The predicted molar refractivity (Wildman–Crippen MR) is 119 cm³/mol. The minimum atomic E-state index is -0.227. The average Bonchev–Trinajstić information content (AvgIpc) is 2.73. The summed E-state index contributed by atoms with van der Waals surface area (Å²) in [6, 6.07) is 14.9. The fourth-order valence-corrected chi connectivity index (χ4v) is 4.00. The first kappa shape index (κ1) is 19.4. The Morgan fingerprint density at radius 1 is 1.10 bits per heavy atom. The third kappa shape index (κ3) is 4.12. The molecule has 3 aromatic rings. The molecular formula is C21H22BrN5O2. The van der Waals surface area contributed by atoms with Crippen molar-refractivity contribution in [2.75, 3.05) is 23.3 Å². The summed E-state index contributed by atoms with van der Waals surface area (Å²) >= 11 is 3.43. The van der Waals surface area contributed by atoms with Crippen LogP contribution >= 0.6 is 15.9 Å². The van der Waals surface area contributed by atoms with Crippen LogP contribution in [0.15, 0.2) is 57.8 Å². The number of nitrogens with one attached hydrogen (secondary N) is 2. The van der Waals surface area contributed by atoms with Gasteiger partial charge in [0.2, 0.25) is 0 Å². The Balaban J connectivity index is 1.40. The van der Waals surface area contributed by atoms with Gasteiger partial charge in [0.05, 0.1) is 16.7 Å². The number of fused-ring (bicyclic) bond motifs is 1. The Morgan fingerprint density at radius 3 is 2.55 bits per heavy atom. The van der Waals surface area contributed by atoms with Gasteiger partial charge in [-0.1, -0.05) is 24.3 Å². The average molecular weight is 456 g/mol. The van der Waals surface area contributed by atoms with Crippen LogP contribution in [0.4, 0.5) is 16.3 Å². The molecule has 1 fully saturated rings. The molecule has 1 aliphatic rings. The van der Waals surface area contributed by atoms with E-state index in [1.165, 1.54) is 0 Å². The van der Waals surface area contributed by atoms with Crippen molar-refractivity contribution in [1.29, 1.82) is 0 Å². The molecule has 150 valence electrons. The maximum Gasteiger partial charge on any atom is 0.319 e. The quantitative estimate of drug-likeness (QED) is 0.633. The van der Waals surface area contributed by atoms with E-state index in [9.17, 15) is 9.59 Å². The molecule has 8 heteroatoms. The lowest BCUT2D eigenvalue weighted by Gasteiger charge is -2.33. The third-order valence-corrected chi connectivity index (χ3v) is 5.91. The molecule has 2 aromatic carbocycles. The molecule has 1 aromatic heterocycles. The van der Waals surface area contributed by atoms with Crippen LogP contribution in [0.3, 0.4) is 0 Å². The highest BCUT2D eigenvalue weighted by Crippen LogP contribution is 2.22. The zero-order chi connectivity index (χ0) is 20.4. The molecule has 0 spiro atoms. The zero-order valence-electron chi connectivity index (χ0n) is 16.1. The van der Waals surface area contributed by atoms with Crippen molar-refractivity contribution in [1.82, 2.24) is 14.9 Å². The fourth-order valence-electron chi connectivity index (χ4n) is 3.61. The van der Waals surface area contributed by atoms with Crippen LogP contribution in [-0.2, 0) is 7.05 Å². The monoisotopic (exact) mass is 455 g/mol. The smallest absolute Gasteiger partial charge is 0.319 e. The number of amides is 2. The number of piperidine rings is 1. The van der Waals surface area contributed by atoms with E-state index in [-0.39, 0.29) is 17.6 Å². The predicted octanol–water partition coefficient (Wildman–Crippen LogP) is 3.49. The molecule has 1 aliphatic heterocycles. The minimum absolute atomic E-state index is 0.0537. The van der Waals surface area contributed by atoms with E-state index in [0.29, 0.717) is 18.9 Å². The van der Waals surface area contributed by atoms with E-state index < -0.39 is 0 Å². The molecule has 0 unspecified atom stereocenters. The van der Waals surface area contributed by atoms with Gasteiger partial charge < -0.3 is 20.1 Å².